The highest BCUT2D eigenvalue weighted by atomic mass is 32.2. The molecule has 3 aromatic rings. The normalized spacial score (nSPS) is 16.4. The molecule has 3 aromatic carbocycles. The van der Waals surface area contributed by atoms with Gasteiger partial charge in [0.15, 0.2) is 11.5 Å². The summed E-state index contributed by atoms with van der Waals surface area (Å²) in [6, 6.07) is 22.7. The number of rotatable bonds is 13. The zero-order valence-corrected chi connectivity index (χ0v) is 25.1. The molecule has 0 unspecified atom stereocenters. The maximum Gasteiger partial charge on any atom is 0.161 e. The molecule has 2 heterocycles. The molecule has 1 atom stereocenters. The molecule has 0 aliphatic carbocycles. The van der Waals surface area contributed by atoms with Crippen molar-refractivity contribution in [2.75, 3.05) is 64.5 Å². The van der Waals surface area contributed by atoms with Gasteiger partial charge in [-0.15, -0.1) is 0 Å². The Bertz CT molecular complexity index is 1220. The Morgan fingerprint density at radius 3 is 2.32 bits per heavy atom. The second-order valence-corrected chi connectivity index (χ2v) is 12.2. The molecule has 2 aliphatic heterocycles. The molecule has 41 heavy (non-hydrogen) atoms. The first-order valence-electron chi connectivity index (χ1n) is 14.7. The van der Waals surface area contributed by atoms with Gasteiger partial charge >= 0.3 is 0 Å². The van der Waals surface area contributed by atoms with Gasteiger partial charge in [0.2, 0.25) is 0 Å². The van der Waals surface area contributed by atoms with Crippen molar-refractivity contribution in [1.82, 2.24) is 9.80 Å². The van der Waals surface area contributed by atoms with Gasteiger partial charge in [-0.25, -0.2) is 0 Å². The summed E-state index contributed by atoms with van der Waals surface area (Å²) >= 11 is 1.76. The van der Waals surface area contributed by atoms with Crippen LogP contribution >= 0.6 is 11.8 Å². The van der Waals surface area contributed by atoms with Gasteiger partial charge < -0.3 is 24.6 Å². The van der Waals surface area contributed by atoms with E-state index in [2.05, 4.69) is 58.0 Å². The molecule has 1 fully saturated rings. The van der Waals surface area contributed by atoms with Crippen LogP contribution in [-0.2, 0) is 6.54 Å². The monoisotopic (exact) mass is 577 g/mol. The van der Waals surface area contributed by atoms with Crippen LogP contribution in [0.25, 0.3) is 0 Å². The maximum atomic E-state index is 11.3. The number of ether oxygens (including phenoxy) is 2. The van der Waals surface area contributed by atoms with Crippen LogP contribution < -0.4 is 14.4 Å². The van der Waals surface area contributed by atoms with E-state index in [1.54, 1.807) is 18.9 Å². The second kappa shape index (κ2) is 14.4. The van der Waals surface area contributed by atoms with Crippen molar-refractivity contribution in [1.29, 1.82) is 0 Å². The lowest BCUT2D eigenvalue weighted by molar-refractivity contribution is 0.100. The Morgan fingerprint density at radius 2 is 1.66 bits per heavy atom. The molecular weight excluding hydrogens is 534 g/mol. The van der Waals surface area contributed by atoms with Crippen LogP contribution in [0.2, 0.25) is 0 Å². The fourth-order valence-corrected chi connectivity index (χ4v) is 6.77. The highest BCUT2D eigenvalue weighted by molar-refractivity contribution is 7.99. The van der Waals surface area contributed by atoms with E-state index in [0.29, 0.717) is 38.5 Å². The molecule has 8 heteroatoms. The van der Waals surface area contributed by atoms with Crippen molar-refractivity contribution in [3.05, 3.63) is 72.3 Å². The summed E-state index contributed by atoms with van der Waals surface area (Å²) in [6.07, 6.45) is 1.90. The first kappa shape index (κ1) is 29.7. The third kappa shape index (κ3) is 7.76. The number of benzene rings is 3. The number of para-hydroxylation sites is 2. The van der Waals surface area contributed by atoms with Gasteiger partial charge in [0.1, 0.15) is 6.61 Å². The number of aliphatic hydroxyl groups excluding tert-OH is 2. The van der Waals surface area contributed by atoms with Gasteiger partial charge in [-0.05, 0) is 73.8 Å². The maximum absolute atomic E-state index is 11.3. The molecule has 0 aromatic heterocycles. The molecule has 0 radical (unpaired) electrons. The summed E-state index contributed by atoms with van der Waals surface area (Å²) < 4.78 is 11.8. The van der Waals surface area contributed by atoms with Gasteiger partial charge in [-0.2, -0.15) is 0 Å². The van der Waals surface area contributed by atoms with E-state index in [4.69, 9.17) is 9.47 Å². The highest BCUT2D eigenvalue weighted by Gasteiger charge is 2.25. The summed E-state index contributed by atoms with van der Waals surface area (Å²) in [6.45, 7) is 8.13. The summed E-state index contributed by atoms with van der Waals surface area (Å²) in [7, 11) is 1.67. The molecule has 0 saturated carbocycles. The second-order valence-electron chi connectivity index (χ2n) is 11.1. The summed E-state index contributed by atoms with van der Waals surface area (Å²) in [4.78, 5) is 9.14. The van der Waals surface area contributed by atoms with Gasteiger partial charge in [-0.3, -0.25) is 9.80 Å². The quantitative estimate of drug-likeness (QED) is 0.285. The number of fused-ring (bicyclic) bond motifs is 2. The predicted molar refractivity (Wildman–Crippen MR) is 166 cm³/mol. The number of anilines is 2. The topological polar surface area (TPSA) is 68.6 Å². The Hall–Kier alpha value is -2.75. The van der Waals surface area contributed by atoms with E-state index in [0.717, 1.165) is 48.2 Å². The molecule has 2 N–H and O–H groups in total. The van der Waals surface area contributed by atoms with Gasteiger partial charge in [0.05, 0.1) is 37.7 Å². The van der Waals surface area contributed by atoms with Gasteiger partial charge in [0.25, 0.3) is 0 Å². The molecule has 2 aliphatic rings. The van der Waals surface area contributed by atoms with Crippen molar-refractivity contribution in [3.63, 3.8) is 0 Å². The number of methoxy groups -OCH3 is 1. The summed E-state index contributed by atoms with van der Waals surface area (Å²) in [5.41, 5.74) is 3.27. The summed E-state index contributed by atoms with van der Waals surface area (Å²) in [5, 5.41) is 21.1. The highest BCUT2D eigenvalue weighted by Crippen LogP contribution is 2.47. The molecule has 0 bridgehead atoms. The number of aliphatic hydroxyl groups is 2. The third-order valence-electron chi connectivity index (χ3n) is 7.99. The SMILES string of the molecule is COc1cc(CN(CCO)C[C@@H](O)CN2c3ccccc3Sc3ccccc32)ccc1OCCN1CCC(C)CC1. The van der Waals surface area contributed by atoms with E-state index in [1.807, 2.05) is 30.3 Å². The standard InChI is InChI=1S/C33H43N3O4S/c1-25-13-15-34(16-14-25)18-20-40-30-12-11-26(21-31(30)39-2)22-35(17-19-37)23-27(38)24-36-28-7-3-5-9-32(28)41-33-10-6-4-8-29(33)36/h3-12,21,25,27,37-38H,13-20,22-24H2,1-2H3/t27-/m1/s1. The summed E-state index contributed by atoms with van der Waals surface area (Å²) in [5.74, 6) is 2.28. The molecule has 220 valence electrons. The Morgan fingerprint density at radius 1 is 0.976 bits per heavy atom. The average Bonchev–Trinajstić information content (AvgIpc) is 2.98. The first-order chi connectivity index (χ1) is 20.0. The zero-order valence-electron chi connectivity index (χ0n) is 24.2. The van der Waals surface area contributed by atoms with Crippen LogP contribution in [0.15, 0.2) is 76.5 Å². The molecule has 0 amide bonds. The number of β-amino-alcohol motifs (C(OH)–C–C–N with tert-alkyl or cyclic N) is 1. The molecule has 7 nitrogen and oxygen atoms in total. The number of nitrogens with zero attached hydrogens (tertiary/aromatic N) is 3. The largest absolute Gasteiger partial charge is 0.493 e. The Balaban J connectivity index is 1.20. The number of piperidine rings is 1. The minimum absolute atomic E-state index is 0.0202. The molecule has 0 spiro atoms. The molecular formula is C33H43N3O4S. The van der Waals surface area contributed by atoms with E-state index in [1.165, 1.54) is 22.6 Å². The van der Waals surface area contributed by atoms with E-state index < -0.39 is 6.10 Å². The minimum atomic E-state index is -0.618. The van der Waals surface area contributed by atoms with E-state index in [9.17, 15) is 10.2 Å². The van der Waals surface area contributed by atoms with Crippen molar-refractivity contribution >= 4 is 23.1 Å². The van der Waals surface area contributed by atoms with Crippen LogP contribution in [0.5, 0.6) is 11.5 Å². The van der Waals surface area contributed by atoms with Crippen LogP contribution in [0.4, 0.5) is 11.4 Å². The van der Waals surface area contributed by atoms with E-state index in [-0.39, 0.29) is 6.61 Å². The lowest BCUT2D eigenvalue weighted by Gasteiger charge is -2.35. The zero-order chi connectivity index (χ0) is 28.6. The van der Waals surface area contributed by atoms with Gasteiger partial charge in [0, 0.05) is 36.0 Å². The van der Waals surface area contributed by atoms with Crippen LogP contribution in [-0.4, -0.2) is 85.7 Å². The number of hydrogen-bond acceptors (Lipinski definition) is 8. The number of hydrogen-bond donors (Lipinski definition) is 2. The fourth-order valence-electron chi connectivity index (χ4n) is 5.68. The number of likely N-dealkylation sites (tertiary alicyclic amines) is 1. The van der Waals surface area contributed by atoms with Crippen LogP contribution in [0, 0.1) is 5.92 Å². The first-order valence-corrected chi connectivity index (χ1v) is 15.5. The third-order valence-corrected chi connectivity index (χ3v) is 9.12. The molecule has 1 saturated heterocycles. The van der Waals surface area contributed by atoms with Crippen LogP contribution in [0.3, 0.4) is 0 Å². The molecule has 5 rings (SSSR count). The van der Waals surface area contributed by atoms with Crippen LogP contribution in [0.1, 0.15) is 25.3 Å². The smallest absolute Gasteiger partial charge is 0.161 e. The van der Waals surface area contributed by atoms with Crippen molar-refractivity contribution in [3.8, 4) is 11.5 Å². The van der Waals surface area contributed by atoms with E-state index >= 15 is 0 Å². The predicted octanol–water partition coefficient (Wildman–Crippen LogP) is 5.26. The lowest BCUT2D eigenvalue weighted by atomic mass is 9.99. The van der Waals surface area contributed by atoms with Crippen molar-refractivity contribution in [2.24, 2.45) is 5.92 Å². The Labute approximate surface area is 248 Å². The fraction of sp³-hybridized carbons (Fsp3) is 0.455. The average molecular weight is 578 g/mol. The van der Waals surface area contributed by atoms with Gasteiger partial charge in [-0.1, -0.05) is 49.0 Å². The Kier molecular flexibility index (Phi) is 10.5. The lowest BCUT2D eigenvalue weighted by Crippen LogP contribution is -2.40. The van der Waals surface area contributed by atoms with Crippen molar-refractivity contribution < 1.29 is 19.7 Å². The van der Waals surface area contributed by atoms with Crippen molar-refractivity contribution in [2.45, 2.75) is 42.2 Å². The minimum Gasteiger partial charge on any atom is -0.493 e.